The summed E-state index contributed by atoms with van der Waals surface area (Å²) < 4.78 is 19.7. The number of ether oxygens (including phenoxy) is 1. The zero-order valence-electron chi connectivity index (χ0n) is 12.0. The van der Waals surface area contributed by atoms with Gasteiger partial charge in [-0.25, -0.2) is 4.39 Å². The van der Waals surface area contributed by atoms with Gasteiger partial charge in [-0.1, -0.05) is 15.9 Å². The highest BCUT2D eigenvalue weighted by atomic mass is 79.9. The molecule has 0 heterocycles. The molecule has 0 aliphatic heterocycles. The summed E-state index contributed by atoms with van der Waals surface area (Å²) >= 11 is 3.43. The van der Waals surface area contributed by atoms with Crippen molar-refractivity contribution in [2.45, 2.75) is 6.54 Å². The van der Waals surface area contributed by atoms with Crippen LogP contribution < -0.4 is 15.6 Å². The van der Waals surface area contributed by atoms with E-state index in [-0.39, 0.29) is 17.9 Å². The van der Waals surface area contributed by atoms with Crippen molar-refractivity contribution in [3.63, 3.8) is 0 Å². The second-order valence-corrected chi connectivity index (χ2v) is 5.36. The molecule has 0 fully saturated rings. The Morgan fingerprint density at radius 3 is 2.83 bits per heavy atom. The van der Waals surface area contributed by atoms with Crippen LogP contribution in [0.5, 0.6) is 11.5 Å². The molecule has 5 nitrogen and oxygen atoms in total. The van der Waals surface area contributed by atoms with Crippen LogP contribution in [-0.4, -0.2) is 12.8 Å². The Hall–Kier alpha value is -2.27. The van der Waals surface area contributed by atoms with E-state index >= 15 is 0 Å². The predicted octanol–water partition coefficient (Wildman–Crippen LogP) is 3.05. The predicted molar refractivity (Wildman–Crippen MR) is 86.2 cm³/mol. The van der Waals surface area contributed by atoms with Gasteiger partial charge < -0.3 is 9.53 Å². The minimum absolute atomic E-state index is 0.125. The summed E-state index contributed by atoms with van der Waals surface area (Å²) in [4.78, 5) is 10.2. The molecular formula is C16H13BrFN3O2. The van der Waals surface area contributed by atoms with E-state index in [1.165, 1.54) is 12.1 Å². The number of carbonyl (C=O) groups is 1. The van der Waals surface area contributed by atoms with Gasteiger partial charge in [0.15, 0.2) is 0 Å². The average molecular weight is 378 g/mol. The van der Waals surface area contributed by atoms with Gasteiger partial charge >= 0.3 is 0 Å². The van der Waals surface area contributed by atoms with Gasteiger partial charge in [-0.05, 0) is 42.0 Å². The number of benzene rings is 2. The van der Waals surface area contributed by atoms with E-state index in [9.17, 15) is 9.18 Å². The smallest absolute Gasteiger partial charge is 0.145 e. The van der Waals surface area contributed by atoms with Crippen molar-refractivity contribution >= 4 is 22.2 Å². The van der Waals surface area contributed by atoms with Gasteiger partial charge in [0.1, 0.15) is 29.7 Å². The fraction of sp³-hybridized carbons (Fsp3) is 0.125. The van der Waals surface area contributed by atoms with Gasteiger partial charge in [-0.15, -0.1) is 0 Å². The SMILES string of the molecule is N#Cc1cc(F)ccc1Oc1ccc(Br)c(CNNCC=O)c1. The van der Waals surface area contributed by atoms with Gasteiger partial charge in [0.05, 0.1) is 12.1 Å². The van der Waals surface area contributed by atoms with Crippen LogP contribution in [0, 0.1) is 17.1 Å². The maximum Gasteiger partial charge on any atom is 0.145 e. The molecule has 0 atom stereocenters. The molecule has 0 saturated carbocycles. The van der Waals surface area contributed by atoms with E-state index in [0.29, 0.717) is 12.3 Å². The number of nitrogens with one attached hydrogen (secondary N) is 2. The van der Waals surface area contributed by atoms with Gasteiger partial charge in [-0.2, -0.15) is 5.26 Å². The largest absolute Gasteiger partial charge is 0.456 e. The van der Waals surface area contributed by atoms with Gasteiger partial charge in [0, 0.05) is 11.0 Å². The van der Waals surface area contributed by atoms with Crippen LogP contribution in [0.3, 0.4) is 0 Å². The summed E-state index contributed by atoms with van der Waals surface area (Å²) in [6.45, 7) is 0.662. The summed E-state index contributed by atoms with van der Waals surface area (Å²) in [5.41, 5.74) is 6.65. The van der Waals surface area contributed by atoms with Crippen LogP contribution >= 0.6 is 15.9 Å². The van der Waals surface area contributed by atoms with Crippen LogP contribution in [0.4, 0.5) is 4.39 Å². The molecule has 0 aromatic heterocycles. The summed E-state index contributed by atoms with van der Waals surface area (Å²) in [5, 5.41) is 9.04. The monoisotopic (exact) mass is 377 g/mol. The number of halogens is 2. The zero-order valence-corrected chi connectivity index (χ0v) is 13.6. The van der Waals surface area contributed by atoms with E-state index < -0.39 is 5.82 Å². The second kappa shape index (κ2) is 8.39. The second-order valence-electron chi connectivity index (χ2n) is 4.51. The number of rotatable bonds is 7. The Balaban J connectivity index is 2.15. The number of aldehydes is 1. The van der Waals surface area contributed by atoms with E-state index in [1.807, 2.05) is 12.1 Å². The fourth-order valence-corrected chi connectivity index (χ4v) is 2.21. The van der Waals surface area contributed by atoms with Crippen LogP contribution in [0.25, 0.3) is 0 Å². The highest BCUT2D eigenvalue weighted by Gasteiger charge is 2.08. The Morgan fingerprint density at radius 2 is 2.09 bits per heavy atom. The molecule has 0 aliphatic carbocycles. The first-order valence-electron chi connectivity index (χ1n) is 6.69. The Labute approximate surface area is 141 Å². The lowest BCUT2D eigenvalue weighted by atomic mass is 10.2. The van der Waals surface area contributed by atoms with Crippen LogP contribution in [0.15, 0.2) is 40.9 Å². The van der Waals surface area contributed by atoms with Crippen molar-refractivity contribution in [1.29, 1.82) is 5.26 Å². The molecule has 2 aromatic rings. The normalized spacial score (nSPS) is 10.1. The minimum Gasteiger partial charge on any atom is -0.456 e. The highest BCUT2D eigenvalue weighted by Crippen LogP contribution is 2.29. The van der Waals surface area contributed by atoms with Crippen LogP contribution in [-0.2, 0) is 11.3 Å². The lowest BCUT2D eigenvalue weighted by molar-refractivity contribution is -0.107. The molecule has 0 unspecified atom stereocenters. The molecule has 0 radical (unpaired) electrons. The summed E-state index contributed by atoms with van der Waals surface area (Å²) in [6.07, 6.45) is 0.750. The number of hydrazine groups is 1. The first-order valence-corrected chi connectivity index (χ1v) is 7.48. The number of nitriles is 1. The van der Waals surface area contributed by atoms with Crippen LogP contribution in [0.1, 0.15) is 11.1 Å². The summed E-state index contributed by atoms with van der Waals surface area (Å²) in [7, 11) is 0. The van der Waals surface area contributed by atoms with Crippen molar-refractivity contribution in [1.82, 2.24) is 10.9 Å². The third-order valence-corrected chi connectivity index (χ3v) is 3.67. The Bertz CT molecular complexity index is 747. The molecule has 0 amide bonds. The zero-order chi connectivity index (χ0) is 16.7. The van der Waals surface area contributed by atoms with Crippen molar-refractivity contribution < 1.29 is 13.9 Å². The van der Waals surface area contributed by atoms with Gasteiger partial charge in [0.25, 0.3) is 0 Å². The topological polar surface area (TPSA) is 74.2 Å². The van der Waals surface area contributed by atoms with Crippen molar-refractivity contribution in [2.75, 3.05) is 6.54 Å². The van der Waals surface area contributed by atoms with Gasteiger partial charge in [0.2, 0.25) is 0 Å². The molecule has 0 aliphatic rings. The first kappa shape index (κ1) is 17.1. The molecule has 118 valence electrons. The lowest BCUT2D eigenvalue weighted by Crippen LogP contribution is -2.32. The van der Waals surface area contributed by atoms with E-state index in [0.717, 1.165) is 22.4 Å². The van der Waals surface area contributed by atoms with E-state index in [1.54, 1.807) is 12.1 Å². The summed E-state index contributed by atoms with van der Waals surface area (Å²) in [6, 6.07) is 11.0. The number of hydrogen-bond acceptors (Lipinski definition) is 5. The van der Waals surface area contributed by atoms with Gasteiger partial charge in [-0.3, -0.25) is 10.9 Å². The van der Waals surface area contributed by atoms with E-state index in [4.69, 9.17) is 10.00 Å². The third kappa shape index (κ3) is 4.86. The molecule has 2 N–H and O–H groups in total. The number of hydrogen-bond donors (Lipinski definition) is 2. The van der Waals surface area contributed by atoms with Crippen molar-refractivity contribution in [2.24, 2.45) is 0 Å². The number of carbonyl (C=O) groups excluding carboxylic acids is 1. The maximum atomic E-state index is 13.1. The standard InChI is InChI=1S/C16H13BrFN3O2/c17-15-3-2-14(8-12(15)10-21-20-5-6-22)23-16-4-1-13(18)7-11(16)9-19/h1-4,6-8,20-21H,5,10H2. The molecule has 2 aromatic carbocycles. The number of nitrogens with zero attached hydrogens (tertiary/aromatic N) is 1. The molecule has 2 rings (SSSR count). The van der Waals surface area contributed by atoms with E-state index in [2.05, 4.69) is 26.8 Å². The molecule has 7 heteroatoms. The van der Waals surface area contributed by atoms with Crippen molar-refractivity contribution in [3.05, 3.63) is 57.8 Å². The minimum atomic E-state index is -0.490. The molecule has 0 bridgehead atoms. The lowest BCUT2D eigenvalue weighted by Gasteiger charge is -2.11. The Kier molecular flexibility index (Phi) is 6.23. The molecular weight excluding hydrogens is 365 g/mol. The molecule has 0 saturated heterocycles. The molecule has 23 heavy (non-hydrogen) atoms. The summed E-state index contributed by atoms with van der Waals surface area (Å²) in [5.74, 6) is 0.313. The highest BCUT2D eigenvalue weighted by molar-refractivity contribution is 9.10. The van der Waals surface area contributed by atoms with Crippen LogP contribution in [0.2, 0.25) is 0 Å². The van der Waals surface area contributed by atoms with Crippen molar-refractivity contribution in [3.8, 4) is 17.6 Å². The first-order chi connectivity index (χ1) is 11.1. The third-order valence-electron chi connectivity index (χ3n) is 2.90. The quantitative estimate of drug-likeness (QED) is 0.440. The molecule has 0 spiro atoms. The fourth-order valence-electron chi connectivity index (χ4n) is 1.83. The average Bonchev–Trinajstić information content (AvgIpc) is 2.55. The maximum absolute atomic E-state index is 13.1. The Morgan fingerprint density at radius 1 is 1.26 bits per heavy atom.